The fourth-order valence-corrected chi connectivity index (χ4v) is 4.47. The van der Waals surface area contributed by atoms with Gasteiger partial charge < -0.3 is 5.73 Å². The summed E-state index contributed by atoms with van der Waals surface area (Å²) < 4.78 is 26.9. The van der Waals surface area contributed by atoms with Gasteiger partial charge in [0.1, 0.15) is 4.21 Å². The zero-order valence-electron chi connectivity index (χ0n) is 8.48. The first kappa shape index (κ1) is 16.3. The zero-order chi connectivity index (χ0) is 11.3. The smallest absolute Gasteiger partial charge is 0.251 e. The summed E-state index contributed by atoms with van der Waals surface area (Å²) >= 11 is 4.39. The average Bonchev–Trinajstić information content (AvgIpc) is 2.60. The van der Waals surface area contributed by atoms with Crippen LogP contribution in [-0.4, -0.2) is 21.5 Å². The van der Waals surface area contributed by atoms with Crippen molar-refractivity contribution in [3.05, 3.63) is 15.9 Å². The lowest BCUT2D eigenvalue weighted by Gasteiger charge is -2.04. The average molecular weight is 350 g/mol. The van der Waals surface area contributed by atoms with Gasteiger partial charge in [0, 0.05) is 11.0 Å². The molecule has 8 heteroatoms. The van der Waals surface area contributed by atoms with Crippen molar-refractivity contribution in [2.24, 2.45) is 5.73 Å². The Morgan fingerprint density at radius 3 is 2.62 bits per heavy atom. The van der Waals surface area contributed by atoms with Gasteiger partial charge in [-0.1, -0.05) is 0 Å². The molecular weight excluding hydrogens is 336 g/mol. The van der Waals surface area contributed by atoms with Gasteiger partial charge in [-0.3, -0.25) is 0 Å². The largest absolute Gasteiger partial charge is 0.330 e. The van der Waals surface area contributed by atoms with Crippen molar-refractivity contribution in [1.29, 1.82) is 0 Å². The molecule has 0 amide bonds. The maximum Gasteiger partial charge on any atom is 0.251 e. The van der Waals surface area contributed by atoms with E-state index in [-0.39, 0.29) is 12.4 Å². The molecule has 0 unspecified atom stereocenters. The molecule has 1 heterocycles. The highest BCUT2D eigenvalue weighted by molar-refractivity contribution is 9.10. The Balaban J connectivity index is 0.00000225. The number of nitrogens with two attached hydrogens (primary N) is 1. The summed E-state index contributed by atoms with van der Waals surface area (Å²) in [6.45, 7) is 1.02. The van der Waals surface area contributed by atoms with E-state index in [4.69, 9.17) is 5.73 Å². The Hall–Kier alpha value is 0.340. The second-order valence-electron chi connectivity index (χ2n) is 2.95. The monoisotopic (exact) mass is 348 g/mol. The number of rotatable bonds is 6. The van der Waals surface area contributed by atoms with Crippen molar-refractivity contribution >= 4 is 49.7 Å². The van der Waals surface area contributed by atoms with Crippen molar-refractivity contribution < 1.29 is 8.42 Å². The summed E-state index contributed by atoms with van der Waals surface area (Å²) in [6.07, 6.45) is 1.59. The Morgan fingerprint density at radius 1 is 1.44 bits per heavy atom. The number of halogens is 2. The summed E-state index contributed by atoms with van der Waals surface area (Å²) in [5.74, 6) is 0. The molecule has 0 saturated carbocycles. The molecule has 0 atom stereocenters. The van der Waals surface area contributed by atoms with E-state index in [2.05, 4.69) is 20.7 Å². The van der Waals surface area contributed by atoms with Crippen LogP contribution in [0.5, 0.6) is 0 Å². The highest BCUT2D eigenvalue weighted by Crippen LogP contribution is 2.27. The first-order chi connectivity index (χ1) is 7.08. The Bertz CT molecular complexity index is 408. The molecule has 0 aliphatic heterocycles. The van der Waals surface area contributed by atoms with Crippen LogP contribution < -0.4 is 10.5 Å². The van der Waals surface area contributed by atoms with E-state index < -0.39 is 10.0 Å². The van der Waals surface area contributed by atoms with Crippen LogP contribution in [0, 0.1) is 0 Å². The van der Waals surface area contributed by atoms with Crippen molar-refractivity contribution in [3.63, 3.8) is 0 Å². The summed E-state index contributed by atoms with van der Waals surface area (Å²) in [6, 6.07) is 1.72. The maximum absolute atomic E-state index is 11.7. The van der Waals surface area contributed by atoms with E-state index in [0.717, 1.165) is 12.8 Å². The van der Waals surface area contributed by atoms with Crippen LogP contribution >= 0.6 is 39.7 Å². The molecule has 1 aromatic heterocycles. The zero-order valence-corrected chi connectivity index (χ0v) is 12.5. The topological polar surface area (TPSA) is 72.2 Å². The summed E-state index contributed by atoms with van der Waals surface area (Å²) in [7, 11) is -3.35. The molecule has 3 N–H and O–H groups in total. The van der Waals surface area contributed by atoms with Gasteiger partial charge in [-0.2, -0.15) is 0 Å². The lowest BCUT2D eigenvalue weighted by Crippen LogP contribution is -2.24. The summed E-state index contributed by atoms with van der Waals surface area (Å²) in [4.78, 5) is 0. The third-order valence-corrected chi connectivity index (χ3v) is 5.88. The van der Waals surface area contributed by atoms with E-state index in [0.29, 0.717) is 21.8 Å². The lowest BCUT2D eigenvalue weighted by atomic mass is 10.3. The molecule has 0 aromatic carbocycles. The fourth-order valence-electron chi connectivity index (χ4n) is 1.01. The Morgan fingerprint density at radius 2 is 2.12 bits per heavy atom. The summed E-state index contributed by atoms with van der Waals surface area (Å²) in [5.41, 5.74) is 5.31. The second kappa shape index (κ2) is 7.62. The van der Waals surface area contributed by atoms with Gasteiger partial charge in [-0.15, -0.1) is 23.7 Å². The quantitative estimate of drug-likeness (QED) is 0.771. The van der Waals surface area contributed by atoms with Crippen LogP contribution in [0.2, 0.25) is 0 Å². The highest BCUT2D eigenvalue weighted by atomic mass is 79.9. The number of thiophene rings is 1. The Labute approximate surface area is 114 Å². The van der Waals surface area contributed by atoms with Gasteiger partial charge in [-0.25, -0.2) is 13.1 Å². The number of hydrogen-bond acceptors (Lipinski definition) is 4. The van der Waals surface area contributed by atoms with E-state index in [1.54, 1.807) is 11.4 Å². The van der Waals surface area contributed by atoms with Gasteiger partial charge in [0.05, 0.1) is 0 Å². The maximum atomic E-state index is 11.7. The first-order valence-corrected chi connectivity index (χ1v) is 7.66. The molecular formula is C8H14BrClN2O2S2. The molecule has 0 spiro atoms. The van der Waals surface area contributed by atoms with Crippen LogP contribution in [0.1, 0.15) is 12.8 Å². The molecule has 1 aromatic rings. The fraction of sp³-hybridized carbons (Fsp3) is 0.500. The van der Waals surface area contributed by atoms with Crippen LogP contribution in [0.3, 0.4) is 0 Å². The third kappa shape index (κ3) is 4.68. The highest BCUT2D eigenvalue weighted by Gasteiger charge is 2.17. The standard InChI is InChI=1S/C8H13BrN2O2S2.ClH/c9-7-3-6-14-8(7)15(12,13)11-5-2-1-4-10;/h3,6,11H,1-2,4-5,10H2;1H. The van der Waals surface area contributed by atoms with Crippen molar-refractivity contribution in [2.45, 2.75) is 17.1 Å². The number of unbranched alkanes of at least 4 members (excludes halogenated alkanes) is 1. The minimum Gasteiger partial charge on any atom is -0.330 e. The van der Waals surface area contributed by atoms with E-state index in [9.17, 15) is 8.42 Å². The minimum absolute atomic E-state index is 0. The molecule has 16 heavy (non-hydrogen) atoms. The SMILES string of the molecule is Cl.NCCCCNS(=O)(=O)c1sccc1Br. The van der Waals surface area contributed by atoms with Gasteiger partial charge in [0.15, 0.2) is 0 Å². The van der Waals surface area contributed by atoms with Crippen LogP contribution in [0.15, 0.2) is 20.1 Å². The number of hydrogen-bond donors (Lipinski definition) is 2. The molecule has 0 fully saturated rings. The van der Waals surface area contributed by atoms with Crippen molar-refractivity contribution in [3.8, 4) is 0 Å². The molecule has 94 valence electrons. The molecule has 0 bridgehead atoms. The van der Waals surface area contributed by atoms with E-state index >= 15 is 0 Å². The van der Waals surface area contributed by atoms with Gasteiger partial charge in [0.2, 0.25) is 0 Å². The van der Waals surface area contributed by atoms with Crippen LogP contribution in [0.4, 0.5) is 0 Å². The molecule has 4 nitrogen and oxygen atoms in total. The van der Waals surface area contributed by atoms with Crippen molar-refractivity contribution in [2.75, 3.05) is 13.1 Å². The van der Waals surface area contributed by atoms with Gasteiger partial charge in [-0.05, 0) is 46.8 Å². The predicted octanol–water partition coefficient (Wildman–Crippen LogP) is 1.95. The molecule has 0 aliphatic carbocycles. The molecule has 0 aliphatic rings. The van der Waals surface area contributed by atoms with Gasteiger partial charge >= 0.3 is 0 Å². The minimum atomic E-state index is -3.35. The van der Waals surface area contributed by atoms with Crippen LogP contribution in [-0.2, 0) is 10.0 Å². The number of sulfonamides is 1. The Kier molecular flexibility index (Phi) is 7.79. The third-order valence-electron chi connectivity index (χ3n) is 1.75. The first-order valence-electron chi connectivity index (χ1n) is 4.50. The lowest BCUT2D eigenvalue weighted by molar-refractivity contribution is 0.579. The predicted molar refractivity (Wildman–Crippen MR) is 72.7 cm³/mol. The summed E-state index contributed by atoms with van der Waals surface area (Å²) in [5, 5.41) is 1.73. The normalized spacial score (nSPS) is 11.1. The molecule has 0 saturated heterocycles. The van der Waals surface area contributed by atoms with Crippen LogP contribution in [0.25, 0.3) is 0 Å². The van der Waals surface area contributed by atoms with E-state index in [1.165, 1.54) is 11.3 Å². The van der Waals surface area contributed by atoms with Crippen molar-refractivity contribution in [1.82, 2.24) is 4.72 Å². The number of nitrogens with one attached hydrogen (secondary N) is 1. The van der Waals surface area contributed by atoms with E-state index in [1.807, 2.05) is 0 Å². The molecule has 0 radical (unpaired) electrons. The van der Waals surface area contributed by atoms with Gasteiger partial charge in [0.25, 0.3) is 10.0 Å². The second-order valence-corrected chi connectivity index (χ2v) is 6.68. The molecule has 1 rings (SSSR count).